The molecule has 0 saturated carbocycles. The highest BCUT2D eigenvalue weighted by Gasteiger charge is 2.32. The van der Waals surface area contributed by atoms with Crippen LogP contribution < -0.4 is 14.5 Å². The fraction of sp³-hybridized carbons (Fsp3) is 0.480. The number of hydrogen-bond acceptors (Lipinski definition) is 6. The van der Waals surface area contributed by atoms with Gasteiger partial charge in [-0.1, -0.05) is 18.2 Å². The van der Waals surface area contributed by atoms with Crippen molar-refractivity contribution >= 4 is 17.4 Å². The summed E-state index contributed by atoms with van der Waals surface area (Å²) < 4.78 is 5.47. The number of amides is 1. The minimum atomic E-state index is -0.239. The third kappa shape index (κ3) is 3.75. The Labute approximate surface area is 189 Å². The van der Waals surface area contributed by atoms with Gasteiger partial charge in [0, 0.05) is 56.4 Å². The number of piperazine rings is 1. The highest BCUT2D eigenvalue weighted by atomic mass is 16.5. The number of methoxy groups -OCH3 is 1. The van der Waals surface area contributed by atoms with Crippen LogP contribution in [0.15, 0.2) is 24.3 Å². The van der Waals surface area contributed by atoms with Gasteiger partial charge in [-0.05, 0) is 43.2 Å². The Balaban J connectivity index is 1.40. The summed E-state index contributed by atoms with van der Waals surface area (Å²) in [6.07, 6.45) is 10.6. The van der Waals surface area contributed by atoms with Crippen molar-refractivity contribution in [1.82, 2.24) is 14.9 Å². The molecule has 0 spiro atoms. The number of benzene rings is 1. The van der Waals surface area contributed by atoms with E-state index in [1.54, 1.807) is 12.0 Å². The lowest BCUT2D eigenvalue weighted by Crippen LogP contribution is -2.49. The zero-order chi connectivity index (χ0) is 22.1. The van der Waals surface area contributed by atoms with E-state index in [0.29, 0.717) is 38.2 Å². The molecule has 32 heavy (non-hydrogen) atoms. The normalized spacial score (nSPS) is 20.2. The van der Waals surface area contributed by atoms with Crippen molar-refractivity contribution in [3.8, 4) is 18.4 Å². The molecule has 1 unspecified atom stereocenters. The van der Waals surface area contributed by atoms with Crippen molar-refractivity contribution in [1.29, 1.82) is 0 Å². The maximum atomic E-state index is 11.8. The average Bonchev–Trinajstić information content (AvgIpc) is 2.87. The lowest BCUT2D eigenvalue weighted by Gasteiger charge is -2.41. The first-order chi connectivity index (χ1) is 15.7. The second-order valence-electron chi connectivity index (χ2n) is 8.71. The molecule has 1 amide bonds. The van der Waals surface area contributed by atoms with E-state index < -0.39 is 0 Å². The smallest absolute Gasteiger partial charge is 0.318 e. The van der Waals surface area contributed by atoms with E-state index >= 15 is 0 Å². The second kappa shape index (κ2) is 8.70. The Bertz CT molecular complexity index is 1050. The fourth-order valence-electron chi connectivity index (χ4n) is 5.33. The average molecular weight is 432 g/mol. The highest BCUT2D eigenvalue weighted by molar-refractivity contribution is 5.93. The van der Waals surface area contributed by atoms with Gasteiger partial charge in [0.2, 0.25) is 0 Å². The first kappa shape index (κ1) is 20.6. The highest BCUT2D eigenvalue weighted by Crippen LogP contribution is 2.36. The number of para-hydroxylation sites is 1. The third-order valence-corrected chi connectivity index (χ3v) is 6.97. The van der Waals surface area contributed by atoms with Crippen LogP contribution in [-0.2, 0) is 24.1 Å². The Morgan fingerprint density at radius 3 is 2.72 bits per heavy atom. The number of aryl methyl sites for hydroxylation is 1. The molecule has 166 valence electrons. The molecule has 1 aliphatic carbocycles. The van der Waals surface area contributed by atoms with Gasteiger partial charge in [0.05, 0.1) is 12.8 Å². The van der Waals surface area contributed by atoms with Crippen LogP contribution in [0.5, 0.6) is 6.01 Å². The Morgan fingerprint density at radius 2 is 1.94 bits per heavy atom. The molecule has 0 N–H and O–H groups in total. The van der Waals surface area contributed by atoms with Crippen LogP contribution in [0.25, 0.3) is 0 Å². The zero-order valence-electron chi connectivity index (χ0n) is 18.6. The van der Waals surface area contributed by atoms with Gasteiger partial charge in [0.25, 0.3) is 5.91 Å². The molecule has 1 saturated heterocycles. The minimum Gasteiger partial charge on any atom is -0.467 e. The number of aromatic nitrogens is 2. The molecular formula is C25H29N5O2. The number of carbonyl (C=O) groups is 1. The van der Waals surface area contributed by atoms with E-state index in [1.165, 1.54) is 23.2 Å². The number of ether oxygens (including phenoxy) is 1. The topological polar surface area (TPSA) is 61.8 Å². The maximum absolute atomic E-state index is 11.8. The van der Waals surface area contributed by atoms with Crippen LogP contribution in [0.1, 0.15) is 29.7 Å². The van der Waals surface area contributed by atoms with Crippen LogP contribution in [0.2, 0.25) is 0 Å². The molecule has 2 aliphatic heterocycles. The van der Waals surface area contributed by atoms with Crippen molar-refractivity contribution in [2.75, 3.05) is 49.6 Å². The van der Waals surface area contributed by atoms with Crippen LogP contribution in [0.3, 0.4) is 0 Å². The van der Waals surface area contributed by atoms with E-state index in [0.717, 1.165) is 43.7 Å². The van der Waals surface area contributed by atoms with Crippen LogP contribution in [0, 0.1) is 12.3 Å². The van der Waals surface area contributed by atoms with Crippen molar-refractivity contribution in [2.45, 2.75) is 38.1 Å². The molecule has 1 aromatic heterocycles. The molecule has 1 aromatic carbocycles. The summed E-state index contributed by atoms with van der Waals surface area (Å²) in [6.45, 7) is 3.73. The number of carbonyl (C=O) groups excluding carboxylic acids is 1. The summed E-state index contributed by atoms with van der Waals surface area (Å²) in [5.74, 6) is 2.94. The number of terminal acetylenes is 1. The number of rotatable bonds is 3. The summed E-state index contributed by atoms with van der Waals surface area (Å²) >= 11 is 0. The van der Waals surface area contributed by atoms with Crippen molar-refractivity contribution < 1.29 is 9.53 Å². The molecule has 3 aliphatic rings. The Hall–Kier alpha value is -3.27. The number of hydrogen-bond donors (Lipinski definition) is 0. The Morgan fingerprint density at radius 1 is 1.12 bits per heavy atom. The van der Waals surface area contributed by atoms with Crippen molar-refractivity contribution in [3.63, 3.8) is 0 Å². The summed E-state index contributed by atoms with van der Waals surface area (Å²) in [7, 11) is 1.62. The lowest BCUT2D eigenvalue weighted by molar-refractivity contribution is -0.125. The molecule has 1 fully saturated rings. The second-order valence-corrected chi connectivity index (χ2v) is 8.71. The van der Waals surface area contributed by atoms with Gasteiger partial charge in [-0.2, -0.15) is 9.97 Å². The molecule has 1 atom stereocenters. The molecule has 7 heteroatoms. The minimum absolute atomic E-state index is 0.239. The summed E-state index contributed by atoms with van der Waals surface area (Å²) in [5, 5.41) is 0. The van der Waals surface area contributed by atoms with Gasteiger partial charge in [-0.15, -0.1) is 6.42 Å². The first-order valence-electron chi connectivity index (χ1n) is 11.5. The van der Waals surface area contributed by atoms with E-state index in [2.05, 4.69) is 40.0 Å². The van der Waals surface area contributed by atoms with Gasteiger partial charge in [0.15, 0.2) is 0 Å². The lowest BCUT2D eigenvalue weighted by atomic mass is 9.88. The van der Waals surface area contributed by atoms with Crippen LogP contribution in [0.4, 0.5) is 11.5 Å². The zero-order valence-corrected chi connectivity index (χ0v) is 18.6. The quantitative estimate of drug-likeness (QED) is 0.694. The molecule has 2 aromatic rings. The molecular weight excluding hydrogens is 402 g/mol. The number of anilines is 2. The standard InChI is InChI=1S/C25H29N5O2/c1-3-23(31)28-13-15-29(16-14-28)24-20-11-10-19(17-21(20)26-25(27-24)32-2)30-12-6-8-18-7-4-5-9-22(18)30/h1,4-5,7,9,19H,6,8,10-17H2,2H3. The van der Waals surface area contributed by atoms with Gasteiger partial charge in [0.1, 0.15) is 5.82 Å². The van der Waals surface area contributed by atoms with E-state index in [-0.39, 0.29) is 5.91 Å². The fourth-order valence-corrected chi connectivity index (χ4v) is 5.33. The number of fused-ring (bicyclic) bond motifs is 2. The first-order valence-corrected chi connectivity index (χ1v) is 11.5. The van der Waals surface area contributed by atoms with E-state index in [4.69, 9.17) is 21.1 Å². The number of nitrogens with zero attached hydrogens (tertiary/aromatic N) is 5. The Kier molecular flexibility index (Phi) is 5.60. The predicted octanol–water partition coefficient (Wildman–Crippen LogP) is 2.08. The van der Waals surface area contributed by atoms with Crippen LogP contribution >= 0.6 is 0 Å². The predicted molar refractivity (Wildman–Crippen MR) is 124 cm³/mol. The van der Waals surface area contributed by atoms with Crippen LogP contribution in [-0.4, -0.2) is 66.7 Å². The summed E-state index contributed by atoms with van der Waals surface area (Å²) in [6, 6.07) is 9.64. The van der Waals surface area contributed by atoms with Gasteiger partial charge in [-0.25, -0.2) is 0 Å². The largest absolute Gasteiger partial charge is 0.467 e. The monoisotopic (exact) mass is 431 g/mol. The summed E-state index contributed by atoms with van der Waals surface area (Å²) in [4.78, 5) is 27.9. The van der Waals surface area contributed by atoms with E-state index in [9.17, 15) is 4.79 Å². The maximum Gasteiger partial charge on any atom is 0.318 e. The van der Waals surface area contributed by atoms with Gasteiger partial charge in [-0.3, -0.25) is 4.79 Å². The SMILES string of the molecule is C#CC(=O)N1CCN(c2nc(OC)nc3c2CCC(N2CCCc4ccccc42)C3)CC1. The van der Waals surface area contributed by atoms with Crippen molar-refractivity contribution in [2.24, 2.45) is 0 Å². The van der Waals surface area contributed by atoms with Crippen molar-refractivity contribution in [3.05, 3.63) is 41.1 Å². The molecule has 5 rings (SSSR count). The third-order valence-electron chi connectivity index (χ3n) is 6.97. The van der Waals surface area contributed by atoms with E-state index in [1.807, 2.05) is 0 Å². The van der Waals surface area contributed by atoms with Gasteiger partial charge >= 0.3 is 6.01 Å². The molecule has 7 nitrogen and oxygen atoms in total. The van der Waals surface area contributed by atoms with Gasteiger partial charge < -0.3 is 19.4 Å². The summed E-state index contributed by atoms with van der Waals surface area (Å²) in [5.41, 5.74) is 5.14. The molecule has 0 bridgehead atoms. The molecule has 3 heterocycles. The molecule has 0 radical (unpaired) electrons.